The van der Waals surface area contributed by atoms with E-state index in [4.69, 9.17) is 0 Å². The van der Waals surface area contributed by atoms with E-state index >= 15 is 0 Å². The third-order valence-electron chi connectivity index (χ3n) is 4.47. The fourth-order valence-electron chi connectivity index (χ4n) is 2.92. The Bertz CT molecular complexity index is 184. The lowest BCUT2D eigenvalue weighted by Crippen LogP contribution is -2.39. The minimum atomic E-state index is -0.01000. The van der Waals surface area contributed by atoms with E-state index in [2.05, 4.69) is 13.8 Å². The van der Waals surface area contributed by atoms with Gasteiger partial charge in [0.1, 0.15) is 0 Å². The summed E-state index contributed by atoms with van der Waals surface area (Å²) in [4.78, 5) is 0. The van der Waals surface area contributed by atoms with Crippen molar-refractivity contribution in [3.8, 4) is 0 Å². The lowest BCUT2D eigenvalue weighted by atomic mass is 10.1. The number of rotatable bonds is 16. The van der Waals surface area contributed by atoms with Gasteiger partial charge in [-0.3, -0.25) is 0 Å². The molecule has 0 atom stereocenters. The van der Waals surface area contributed by atoms with E-state index in [9.17, 15) is 5.21 Å². The average molecular weight is 300 g/mol. The SMILES string of the molecule is CCCCCCCCC[N+](C)([O-])CCCCCCCCC. The zero-order valence-corrected chi connectivity index (χ0v) is 15.2. The highest BCUT2D eigenvalue weighted by molar-refractivity contribution is 4.49. The third-order valence-corrected chi connectivity index (χ3v) is 4.47. The van der Waals surface area contributed by atoms with Crippen molar-refractivity contribution in [1.82, 2.24) is 0 Å². The zero-order valence-electron chi connectivity index (χ0n) is 15.2. The van der Waals surface area contributed by atoms with Crippen molar-refractivity contribution in [2.24, 2.45) is 0 Å². The van der Waals surface area contributed by atoms with Crippen LogP contribution < -0.4 is 0 Å². The van der Waals surface area contributed by atoms with Crippen molar-refractivity contribution in [3.63, 3.8) is 0 Å². The maximum Gasteiger partial charge on any atom is 0.0781 e. The van der Waals surface area contributed by atoms with Crippen LogP contribution >= 0.6 is 0 Å². The van der Waals surface area contributed by atoms with Crippen LogP contribution in [0.15, 0.2) is 0 Å². The summed E-state index contributed by atoms with van der Waals surface area (Å²) in [7, 11) is 1.87. The number of hydrogen-bond donors (Lipinski definition) is 0. The van der Waals surface area contributed by atoms with Crippen LogP contribution in [0.25, 0.3) is 0 Å². The fraction of sp³-hybridized carbons (Fsp3) is 1.00. The Balaban J connectivity index is 3.35. The predicted molar refractivity (Wildman–Crippen MR) is 95.3 cm³/mol. The summed E-state index contributed by atoms with van der Waals surface area (Å²) in [5.41, 5.74) is 0. The van der Waals surface area contributed by atoms with Gasteiger partial charge in [-0.1, -0.05) is 78.1 Å². The van der Waals surface area contributed by atoms with Gasteiger partial charge in [-0.05, 0) is 25.7 Å². The Kier molecular flexibility index (Phi) is 14.8. The molecule has 2 heteroatoms. The lowest BCUT2D eigenvalue weighted by molar-refractivity contribution is -0.861. The molecule has 0 aliphatic heterocycles. The summed E-state index contributed by atoms with van der Waals surface area (Å²) in [6.07, 6.45) is 18.2. The van der Waals surface area contributed by atoms with Crippen molar-refractivity contribution in [2.75, 3.05) is 20.1 Å². The van der Waals surface area contributed by atoms with E-state index in [0.717, 1.165) is 25.9 Å². The molecule has 0 unspecified atom stereocenters. The number of quaternary nitrogens is 1. The van der Waals surface area contributed by atoms with Crippen LogP contribution in [0, 0.1) is 5.21 Å². The van der Waals surface area contributed by atoms with Gasteiger partial charge in [0.25, 0.3) is 0 Å². The number of nitrogens with zero attached hydrogens (tertiary/aromatic N) is 1. The summed E-state index contributed by atoms with van der Waals surface area (Å²) in [6, 6.07) is 0. The minimum Gasteiger partial charge on any atom is -0.633 e. The molecule has 0 aromatic heterocycles. The molecular formula is C19H41NO. The molecule has 2 nitrogen and oxygen atoms in total. The Morgan fingerprint density at radius 1 is 0.524 bits per heavy atom. The van der Waals surface area contributed by atoms with Crippen LogP contribution in [0.3, 0.4) is 0 Å². The molecule has 0 aliphatic rings. The van der Waals surface area contributed by atoms with Gasteiger partial charge in [0.05, 0.1) is 20.1 Å². The second-order valence-electron chi connectivity index (χ2n) is 6.99. The first-order chi connectivity index (χ1) is 10.1. The molecule has 0 bridgehead atoms. The smallest absolute Gasteiger partial charge is 0.0781 e. The first kappa shape index (κ1) is 20.9. The number of unbranched alkanes of at least 4 members (excludes halogenated alkanes) is 12. The molecule has 0 amide bonds. The maximum absolute atomic E-state index is 12.3. The van der Waals surface area contributed by atoms with Crippen LogP contribution in [0.1, 0.15) is 104 Å². The highest BCUT2D eigenvalue weighted by Crippen LogP contribution is 2.12. The van der Waals surface area contributed by atoms with Gasteiger partial charge >= 0.3 is 0 Å². The zero-order chi connectivity index (χ0) is 15.8. The first-order valence-electron chi connectivity index (χ1n) is 9.68. The molecule has 0 aromatic carbocycles. The Labute approximate surface area is 134 Å². The van der Waals surface area contributed by atoms with Crippen molar-refractivity contribution in [3.05, 3.63) is 5.21 Å². The van der Waals surface area contributed by atoms with Crippen molar-refractivity contribution >= 4 is 0 Å². The highest BCUT2D eigenvalue weighted by Gasteiger charge is 2.08. The third kappa shape index (κ3) is 16.1. The van der Waals surface area contributed by atoms with Gasteiger partial charge in [-0.2, -0.15) is 0 Å². The summed E-state index contributed by atoms with van der Waals surface area (Å²) in [5.74, 6) is 0. The van der Waals surface area contributed by atoms with Crippen molar-refractivity contribution in [2.45, 2.75) is 104 Å². The summed E-state index contributed by atoms with van der Waals surface area (Å²) in [6.45, 7) is 6.15. The molecule has 0 N–H and O–H groups in total. The van der Waals surface area contributed by atoms with E-state index in [1.807, 2.05) is 7.05 Å². The van der Waals surface area contributed by atoms with Crippen LogP contribution in [0.4, 0.5) is 0 Å². The van der Waals surface area contributed by atoms with E-state index in [1.54, 1.807) is 0 Å². The molecule has 0 rings (SSSR count). The van der Waals surface area contributed by atoms with Gasteiger partial charge in [-0.15, -0.1) is 0 Å². The van der Waals surface area contributed by atoms with Gasteiger partial charge in [0, 0.05) is 0 Å². The average Bonchev–Trinajstić information content (AvgIpc) is 2.45. The molecule has 0 saturated heterocycles. The highest BCUT2D eigenvalue weighted by atomic mass is 16.5. The summed E-state index contributed by atoms with van der Waals surface area (Å²) in [5, 5.41) is 12.3. The van der Waals surface area contributed by atoms with Crippen LogP contribution in [0.5, 0.6) is 0 Å². The molecule has 0 fully saturated rings. The summed E-state index contributed by atoms with van der Waals surface area (Å²) < 4.78 is -0.01000. The molecule has 0 aromatic rings. The van der Waals surface area contributed by atoms with Gasteiger partial charge in [0.2, 0.25) is 0 Å². The lowest BCUT2D eigenvalue weighted by Gasteiger charge is -2.39. The predicted octanol–water partition coefficient (Wildman–Crippen LogP) is 6.43. The van der Waals surface area contributed by atoms with E-state index < -0.39 is 0 Å². The monoisotopic (exact) mass is 299 g/mol. The largest absolute Gasteiger partial charge is 0.633 e. The van der Waals surface area contributed by atoms with Gasteiger partial charge in [-0.25, -0.2) is 0 Å². The second-order valence-corrected chi connectivity index (χ2v) is 6.99. The molecule has 0 saturated carbocycles. The normalized spacial score (nSPS) is 12.0. The van der Waals surface area contributed by atoms with Crippen LogP contribution in [-0.2, 0) is 0 Å². The van der Waals surface area contributed by atoms with Gasteiger partial charge in [0.15, 0.2) is 0 Å². The van der Waals surface area contributed by atoms with Crippen LogP contribution in [-0.4, -0.2) is 24.8 Å². The molecule has 128 valence electrons. The number of hydrogen-bond acceptors (Lipinski definition) is 1. The van der Waals surface area contributed by atoms with Gasteiger partial charge < -0.3 is 9.85 Å². The molecule has 0 spiro atoms. The van der Waals surface area contributed by atoms with E-state index in [1.165, 1.54) is 77.0 Å². The number of hydroxylamine groups is 3. The Morgan fingerprint density at radius 2 is 0.810 bits per heavy atom. The summed E-state index contributed by atoms with van der Waals surface area (Å²) >= 11 is 0. The standard InChI is InChI=1S/C19H41NO/c1-4-6-8-10-12-14-16-18-20(3,21)19-17-15-13-11-9-7-5-2/h4-19H2,1-3H3. The molecule has 21 heavy (non-hydrogen) atoms. The van der Waals surface area contributed by atoms with E-state index in [-0.39, 0.29) is 4.65 Å². The Morgan fingerprint density at radius 3 is 1.14 bits per heavy atom. The maximum atomic E-state index is 12.3. The van der Waals surface area contributed by atoms with Crippen molar-refractivity contribution in [1.29, 1.82) is 0 Å². The van der Waals surface area contributed by atoms with Crippen LogP contribution in [0.2, 0.25) is 0 Å². The molecule has 0 heterocycles. The molecular weight excluding hydrogens is 258 g/mol. The van der Waals surface area contributed by atoms with E-state index in [0.29, 0.717) is 0 Å². The topological polar surface area (TPSA) is 23.1 Å². The molecule has 0 aliphatic carbocycles. The quantitative estimate of drug-likeness (QED) is 0.183. The minimum absolute atomic E-state index is 0.01000. The Hall–Kier alpha value is -0.0800. The first-order valence-corrected chi connectivity index (χ1v) is 9.68. The molecule has 0 radical (unpaired) electrons. The second kappa shape index (κ2) is 14.8. The van der Waals surface area contributed by atoms with Crippen molar-refractivity contribution < 1.29 is 4.65 Å². The fourth-order valence-corrected chi connectivity index (χ4v) is 2.92.